The summed E-state index contributed by atoms with van der Waals surface area (Å²) >= 11 is 0. The second kappa shape index (κ2) is 4.99. The van der Waals surface area contributed by atoms with Crippen LogP contribution in [0.5, 0.6) is 0 Å². The van der Waals surface area contributed by atoms with Crippen LogP contribution < -0.4 is 0 Å². The van der Waals surface area contributed by atoms with Gasteiger partial charge in [0, 0.05) is 0 Å². The molecular weight excluding hydrogens is 160 g/mol. The molecule has 0 aromatic heterocycles. The van der Waals surface area contributed by atoms with E-state index in [0.717, 1.165) is 6.42 Å². The lowest BCUT2D eigenvalue weighted by Gasteiger charge is -2.29. The highest BCUT2D eigenvalue weighted by molar-refractivity contribution is 4.78. The lowest BCUT2D eigenvalue weighted by molar-refractivity contribution is 0.0568. The van der Waals surface area contributed by atoms with Gasteiger partial charge in [0.05, 0.1) is 6.10 Å². The summed E-state index contributed by atoms with van der Waals surface area (Å²) in [6.45, 7) is 6.83. The molecule has 78 valence electrons. The summed E-state index contributed by atoms with van der Waals surface area (Å²) < 4.78 is 0. The molecule has 1 fully saturated rings. The minimum Gasteiger partial charge on any atom is -0.393 e. The number of hydrogen-bond donors (Lipinski definition) is 1. The van der Waals surface area contributed by atoms with Gasteiger partial charge in [0.1, 0.15) is 0 Å². The Balaban J connectivity index is 2.53. The van der Waals surface area contributed by atoms with E-state index in [1.807, 2.05) is 0 Å². The summed E-state index contributed by atoms with van der Waals surface area (Å²) in [6.07, 6.45) is 6.10. The molecule has 13 heavy (non-hydrogen) atoms. The molecule has 1 aliphatic carbocycles. The Labute approximate surface area is 82.5 Å². The average Bonchev–Trinajstić information content (AvgIpc) is 2.28. The first-order chi connectivity index (χ1) is 6.13. The highest BCUT2D eigenvalue weighted by Crippen LogP contribution is 2.32. The first-order valence-corrected chi connectivity index (χ1v) is 5.81. The zero-order valence-corrected chi connectivity index (χ0v) is 9.29. The minimum absolute atomic E-state index is 0.0279. The lowest BCUT2D eigenvalue weighted by Crippen LogP contribution is -2.28. The molecule has 0 saturated heterocycles. The van der Waals surface area contributed by atoms with Crippen molar-refractivity contribution < 1.29 is 5.11 Å². The quantitative estimate of drug-likeness (QED) is 0.653. The topological polar surface area (TPSA) is 20.2 Å². The molecule has 0 bridgehead atoms. The molecule has 1 saturated carbocycles. The van der Waals surface area contributed by atoms with Crippen molar-refractivity contribution in [3.05, 3.63) is 0 Å². The molecular formula is C12H24O. The second-order valence-electron chi connectivity index (χ2n) is 4.97. The van der Waals surface area contributed by atoms with Gasteiger partial charge in [-0.15, -0.1) is 0 Å². The SMILES string of the molecule is CC(C)C(C)[C@@H]1CCCCC[C@H]1O. The van der Waals surface area contributed by atoms with Gasteiger partial charge in [-0.25, -0.2) is 0 Å². The van der Waals surface area contributed by atoms with Crippen molar-refractivity contribution in [3.8, 4) is 0 Å². The Morgan fingerprint density at radius 2 is 1.62 bits per heavy atom. The largest absolute Gasteiger partial charge is 0.393 e. The van der Waals surface area contributed by atoms with Gasteiger partial charge in [-0.3, -0.25) is 0 Å². The van der Waals surface area contributed by atoms with E-state index >= 15 is 0 Å². The van der Waals surface area contributed by atoms with Gasteiger partial charge in [0.15, 0.2) is 0 Å². The smallest absolute Gasteiger partial charge is 0.0571 e. The Kier molecular flexibility index (Phi) is 4.24. The summed E-state index contributed by atoms with van der Waals surface area (Å²) in [5, 5.41) is 9.97. The molecule has 1 rings (SSSR count). The van der Waals surface area contributed by atoms with Crippen molar-refractivity contribution in [2.75, 3.05) is 0 Å². The van der Waals surface area contributed by atoms with E-state index in [0.29, 0.717) is 17.8 Å². The zero-order valence-electron chi connectivity index (χ0n) is 9.29. The molecule has 1 nitrogen and oxygen atoms in total. The summed E-state index contributed by atoms with van der Waals surface area (Å²) in [5.74, 6) is 1.94. The van der Waals surface area contributed by atoms with Crippen LogP contribution in [-0.2, 0) is 0 Å². The third-order valence-electron chi connectivity index (χ3n) is 3.76. The molecule has 0 aliphatic heterocycles. The fourth-order valence-corrected chi connectivity index (χ4v) is 2.42. The molecule has 1 heteroatoms. The van der Waals surface area contributed by atoms with Crippen molar-refractivity contribution in [2.45, 2.75) is 59.0 Å². The summed E-state index contributed by atoms with van der Waals surface area (Å²) in [7, 11) is 0. The average molecular weight is 184 g/mol. The molecule has 0 aromatic carbocycles. The van der Waals surface area contributed by atoms with Crippen LogP contribution in [0.1, 0.15) is 52.9 Å². The highest BCUT2D eigenvalue weighted by Gasteiger charge is 2.27. The van der Waals surface area contributed by atoms with Crippen LogP contribution in [0, 0.1) is 17.8 Å². The van der Waals surface area contributed by atoms with Crippen molar-refractivity contribution >= 4 is 0 Å². The van der Waals surface area contributed by atoms with Gasteiger partial charge >= 0.3 is 0 Å². The van der Waals surface area contributed by atoms with E-state index < -0.39 is 0 Å². The van der Waals surface area contributed by atoms with Gasteiger partial charge in [0.25, 0.3) is 0 Å². The standard InChI is InChI=1S/C12H24O/c1-9(2)10(3)11-7-5-4-6-8-12(11)13/h9-13H,4-8H2,1-3H3/t10?,11-,12+/m0/s1. The Hall–Kier alpha value is -0.0400. The molecule has 1 unspecified atom stereocenters. The van der Waals surface area contributed by atoms with Crippen LogP contribution in [-0.4, -0.2) is 11.2 Å². The molecule has 0 heterocycles. The normalized spacial score (nSPS) is 33.0. The molecule has 0 amide bonds. The Morgan fingerprint density at radius 3 is 2.23 bits per heavy atom. The molecule has 1 N–H and O–H groups in total. The summed E-state index contributed by atoms with van der Waals surface area (Å²) in [5.41, 5.74) is 0. The summed E-state index contributed by atoms with van der Waals surface area (Å²) in [6, 6.07) is 0. The van der Waals surface area contributed by atoms with Crippen LogP contribution in [0.15, 0.2) is 0 Å². The number of aliphatic hydroxyl groups excluding tert-OH is 1. The number of rotatable bonds is 2. The number of aliphatic hydroxyl groups is 1. The van der Waals surface area contributed by atoms with Gasteiger partial charge in [-0.2, -0.15) is 0 Å². The fourth-order valence-electron chi connectivity index (χ4n) is 2.42. The first kappa shape index (κ1) is 11.0. The molecule has 0 aromatic rings. The van der Waals surface area contributed by atoms with Crippen LogP contribution in [0.25, 0.3) is 0 Å². The van der Waals surface area contributed by atoms with Crippen molar-refractivity contribution in [2.24, 2.45) is 17.8 Å². The van der Waals surface area contributed by atoms with E-state index in [-0.39, 0.29) is 6.10 Å². The lowest BCUT2D eigenvalue weighted by atomic mass is 9.79. The Morgan fingerprint density at radius 1 is 1.00 bits per heavy atom. The van der Waals surface area contributed by atoms with Crippen LogP contribution in [0.2, 0.25) is 0 Å². The van der Waals surface area contributed by atoms with Crippen molar-refractivity contribution in [1.82, 2.24) is 0 Å². The maximum atomic E-state index is 9.97. The van der Waals surface area contributed by atoms with Gasteiger partial charge in [0.2, 0.25) is 0 Å². The zero-order chi connectivity index (χ0) is 9.84. The third-order valence-corrected chi connectivity index (χ3v) is 3.76. The van der Waals surface area contributed by atoms with Crippen LogP contribution in [0.4, 0.5) is 0 Å². The molecule has 1 aliphatic rings. The Bertz CT molecular complexity index is 142. The monoisotopic (exact) mass is 184 g/mol. The first-order valence-electron chi connectivity index (χ1n) is 5.81. The van der Waals surface area contributed by atoms with Crippen molar-refractivity contribution in [1.29, 1.82) is 0 Å². The molecule has 0 spiro atoms. The highest BCUT2D eigenvalue weighted by atomic mass is 16.3. The van der Waals surface area contributed by atoms with E-state index in [2.05, 4.69) is 20.8 Å². The van der Waals surface area contributed by atoms with E-state index in [1.165, 1.54) is 25.7 Å². The van der Waals surface area contributed by atoms with E-state index in [9.17, 15) is 5.11 Å². The van der Waals surface area contributed by atoms with Gasteiger partial charge in [-0.1, -0.05) is 40.0 Å². The summed E-state index contributed by atoms with van der Waals surface area (Å²) in [4.78, 5) is 0. The maximum Gasteiger partial charge on any atom is 0.0571 e. The second-order valence-corrected chi connectivity index (χ2v) is 4.97. The number of hydrogen-bond acceptors (Lipinski definition) is 1. The van der Waals surface area contributed by atoms with Gasteiger partial charge < -0.3 is 5.11 Å². The van der Waals surface area contributed by atoms with Crippen molar-refractivity contribution in [3.63, 3.8) is 0 Å². The molecule has 3 atom stereocenters. The van der Waals surface area contributed by atoms with Crippen LogP contribution in [0.3, 0.4) is 0 Å². The predicted octanol–water partition coefficient (Wildman–Crippen LogP) is 3.22. The van der Waals surface area contributed by atoms with E-state index in [1.54, 1.807) is 0 Å². The molecule has 0 radical (unpaired) electrons. The van der Waals surface area contributed by atoms with E-state index in [4.69, 9.17) is 0 Å². The predicted molar refractivity (Wildman–Crippen MR) is 56.6 cm³/mol. The maximum absolute atomic E-state index is 9.97. The fraction of sp³-hybridized carbons (Fsp3) is 1.00. The third kappa shape index (κ3) is 2.98. The van der Waals surface area contributed by atoms with Crippen LogP contribution >= 0.6 is 0 Å². The van der Waals surface area contributed by atoms with Gasteiger partial charge in [-0.05, 0) is 30.6 Å². The minimum atomic E-state index is -0.0279.